The van der Waals surface area contributed by atoms with Crippen molar-refractivity contribution in [2.24, 2.45) is 12.8 Å². The van der Waals surface area contributed by atoms with Gasteiger partial charge in [0.1, 0.15) is 0 Å². The normalized spacial score (nSPS) is 19.6. The van der Waals surface area contributed by atoms with Crippen LogP contribution in [0.1, 0.15) is 41.3 Å². The van der Waals surface area contributed by atoms with Gasteiger partial charge in [0.25, 0.3) is 0 Å². The molecule has 1 unspecified atom stereocenters. The SMILES string of the molecule is Cc1cc(C)c2c3c(n(C)c2c1)CCCC3N. The number of hydrogen-bond acceptors (Lipinski definition) is 1. The Kier molecular flexibility index (Phi) is 2.30. The van der Waals surface area contributed by atoms with Crippen LogP contribution in [0.15, 0.2) is 12.1 Å². The number of nitrogens with two attached hydrogens (primary N) is 1. The number of aryl methyl sites for hydroxylation is 3. The molecule has 2 aromatic rings. The standard InChI is InChI=1S/C15H20N2/c1-9-7-10(2)14-13(8-9)17(3)12-6-4-5-11(16)15(12)14/h7-8,11H,4-6,16H2,1-3H3. The Bertz CT molecular complexity index is 593. The highest BCUT2D eigenvalue weighted by molar-refractivity contribution is 5.90. The summed E-state index contributed by atoms with van der Waals surface area (Å²) >= 11 is 0. The molecular formula is C15H20N2. The van der Waals surface area contributed by atoms with Crippen LogP contribution in [0.25, 0.3) is 10.9 Å². The molecule has 1 aliphatic carbocycles. The maximum atomic E-state index is 6.32. The summed E-state index contributed by atoms with van der Waals surface area (Å²) in [6.07, 6.45) is 3.52. The summed E-state index contributed by atoms with van der Waals surface area (Å²) in [4.78, 5) is 0. The quantitative estimate of drug-likeness (QED) is 0.738. The van der Waals surface area contributed by atoms with E-state index in [1.165, 1.54) is 46.1 Å². The van der Waals surface area contributed by atoms with Gasteiger partial charge < -0.3 is 10.3 Å². The van der Waals surface area contributed by atoms with Gasteiger partial charge in [-0.25, -0.2) is 0 Å². The van der Waals surface area contributed by atoms with Gasteiger partial charge in [-0.3, -0.25) is 0 Å². The fourth-order valence-electron chi connectivity index (χ4n) is 3.37. The summed E-state index contributed by atoms with van der Waals surface area (Å²) in [5.74, 6) is 0. The summed E-state index contributed by atoms with van der Waals surface area (Å²) in [6, 6.07) is 4.78. The van der Waals surface area contributed by atoms with Gasteiger partial charge in [0, 0.05) is 29.7 Å². The highest BCUT2D eigenvalue weighted by atomic mass is 15.0. The highest BCUT2D eigenvalue weighted by Gasteiger charge is 2.24. The molecular weight excluding hydrogens is 208 g/mol. The Balaban J connectivity index is 2.45. The van der Waals surface area contributed by atoms with Gasteiger partial charge >= 0.3 is 0 Å². The molecule has 1 heterocycles. The number of hydrogen-bond donors (Lipinski definition) is 1. The lowest BCUT2D eigenvalue weighted by Gasteiger charge is -2.20. The van der Waals surface area contributed by atoms with E-state index in [-0.39, 0.29) is 6.04 Å². The Morgan fingerprint density at radius 3 is 2.82 bits per heavy atom. The molecule has 0 radical (unpaired) electrons. The molecule has 17 heavy (non-hydrogen) atoms. The van der Waals surface area contributed by atoms with Crippen molar-refractivity contribution in [1.29, 1.82) is 0 Å². The molecule has 1 aromatic heterocycles. The van der Waals surface area contributed by atoms with Crippen LogP contribution in [0.5, 0.6) is 0 Å². The van der Waals surface area contributed by atoms with Crippen molar-refractivity contribution >= 4 is 10.9 Å². The highest BCUT2D eigenvalue weighted by Crippen LogP contribution is 2.38. The third-order valence-corrected chi connectivity index (χ3v) is 4.11. The first-order chi connectivity index (χ1) is 8.09. The fourth-order valence-corrected chi connectivity index (χ4v) is 3.37. The molecule has 90 valence electrons. The zero-order valence-corrected chi connectivity index (χ0v) is 10.9. The first-order valence-corrected chi connectivity index (χ1v) is 6.43. The lowest BCUT2D eigenvalue weighted by Crippen LogP contribution is -2.17. The lowest BCUT2D eigenvalue weighted by atomic mass is 9.90. The average Bonchev–Trinajstić information content (AvgIpc) is 2.55. The van der Waals surface area contributed by atoms with E-state index in [0.29, 0.717) is 0 Å². The Hall–Kier alpha value is -1.28. The minimum atomic E-state index is 0.226. The summed E-state index contributed by atoms with van der Waals surface area (Å²) in [5.41, 5.74) is 13.2. The second-order valence-corrected chi connectivity index (χ2v) is 5.39. The van der Waals surface area contributed by atoms with Crippen molar-refractivity contribution in [3.8, 4) is 0 Å². The molecule has 0 saturated carbocycles. The summed E-state index contributed by atoms with van der Waals surface area (Å²) in [6.45, 7) is 4.37. The minimum absolute atomic E-state index is 0.226. The number of nitrogens with zero attached hydrogens (tertiary/aromatic N) is 1. The van der Waals surface area contributed by atoms with Crippen LogP contribution in [-0.4, -0.2) is 4.57 Å². The summed E-state index contributed by atoms with van der Waals surface area (Å²) in [7, 11) is 2.18. The Labute approximate surface area is 102 Å². The average molecular weight is 228 g/mol. The maximum Gasteiger partial charge on any atom is 0.0488 e. The largest absolute Gasteiger partial charge is 0.347 e. The Morgan fingerprint density at radius 1 is 1.29 bits per heavy atom. The number of aromatic nitrogens is 1. The van der Waals surface area contributed by atoms with Gasteiger partial charge in [0.2, 0.25) is 0 Å². The van der Waals surface area contributed by atoms with Crippen molar-refractivity contribution in [1.82, 2.24) is 4.57 Å². The zero-order chi connectivity index (χ0) is 12.2. The molecule has 1 atom stereocenters. The van der Waals surface area contributed by atoms with E-state index in [2.05, 4.69) is 37.6 Å². The lowest BCUT2D eigenvalue weighted by molar-refractivity contribution is 0.557. The van der Waals surface area contributed by atoms with E-state index in [1.807, 2.05) is 0 Å². The minimum Gasteiger partial charge on any atom is -0.347 e. The molecule has 0 spiro atoms. The zero-order valence-electron chi connectivity index (χ0n) is 10.9. The smallest absolute Gasteiger partial charge is 0.0488 e. The summed E-state index contributed by atoms with van der Waals surface area (Å²) in [5, 5.41) is 1.40. The van der Waals surface area contributed by atoms with Crippen LogP contribution in [-0.2, 0) is 13.5 Å². The molecule has 0 aliphatic heterocycles. The van der Waals surface area contributed by atoms with E-state index in [4.69, 9.17) is 5.73 Å². The second-order valence-electron chi connectivity index (χ2n) is 5.39. The predicted molar refractivity (Wildman–Crippen MR) is 72.3 cm³/mol. The third-order valence-electron chi connectivity index (χ3n) is 4.11. The number of fused-ring (bicyclic) bond motifs is 3. The van der Waals surface area contributed by atoms with Gasteiger partial charge in [-0.15, -0.1) is 0 Å². The van der Waals surface area contributed by atoms with Crippen LogP contribution in [0.4, 0.5) is 0 Å². The van der Waals surface area contributed by atoms with Crippen molar-refractivity contribution < 1.29 is 0 Å². The van der Waals surface area contributed by atoms with Crippen LogP contribution >= 0.6 is 0 Å². The molecule has 0 fully saturated rings. The van der Waals surface area contributed by atoms with E-state index >= 15 is 0 Å². The van der Waals surface area contributed by atoms with Gasteiger partial charge in [0.15, 0.2) is 0 Å². The van der Waals surface area contributed by atoms with Crippen molar-refractivity contribution in [2.75, 3.05) is 0 Å². The fraction of sp³-hybridized carbons (Fsp3) is 0.467. The third kappa shape index (κ3) is 1.44. The van der Waals surface area contributed by atoms with Crippen LogP contribution < -0.4 is 5.73 Å². The number of rotatable bonds is 0. The van der Waals surface area contributed by atoms with E-state index < -0.39 is 0 Å². The molecule has 2 N–H and O–H groups in total. The summed E-state index contributed by atoms with van der Waals surface area (Å²) < 4.78 is 2.35. The topological polar surface area (TPSA) is 30.9 Å². The van der Waals surface area contributed by atoms with Crippen molar-refractivity contribution in [3.05, 3.63) is 34.5 Å². The molecule has 0 bridgehead atoms. The van der Waals surface area contributed by atoms with E-state index in [9.17, 15) is 0 Å². The molecule has 2 nitrogen and oxygen atoms in total. The predicted octanol–water partition coefficient (Wildman–Crippen LogP) is 3.13. The van der Waals surface area contributed by atoms with E-state index in [0.717, 1.165) is 6.42 Å². The van der Waals surface area contributed by atoms with Crippen molar-refractivity contribution in [3.63, 3.8) is 0 Å². The molecule has 1 aromatic carbocycles. The molecule has 0 saturated heterocycles. The van der Waals surface area contributed by atoms with Crippen LogP contribution in [0, 0.1) is 13.8 Å². The monoisotopic (exact) mass is 228 g/mol. The molecule has 3 rings (SSSR count). The molecule has 0 amide bonds. The maximum absolute atomic E-state index is 6.32. The first kappa shape index (κ1) is 10.8. The second kappa shape index (κ2) is 3.61. The Morgan fingerprint density at radius 2 is 2.06 bits per heavy atom. The van der Waals surface area contributed by atoms with Gasteiger partial charge in [-0.05, 0) is 55.9 Å². The van der Waals surface area contributed by atoms with Crippen LogP contribution in [0.2, 0.25) is 0 Å². The van der Waals surface area contributed by atoms with E-state index in [1.54, 1.807) is 0 Å². The molecule has 2 heteroatoms. The molecule has 1 aliphatic rings. The van der Waals surface area contributed by atoms with Gasteiger partial charge in [-0.2, -0.15) is 0 Å². The number of benzene rings is 1. The van der Waals surface area contributed by atoms with Gasteiger partial charge in [-0.1, -0.05) is 6.07 Å². The van der Waals surface area contributed by atoms with Crippen molar-refractivity contribution in [2.45, 2.75) is 39.2 Å². The van der Waals surface area contributed by atoms with Crippen LogP contribution in [0.3, 0.4) is 0 Å². The van der Waals surface area contributed by atoms with Gasteiger partial charge in [0.05, 0.1) is 0 Å². The first-order valence-electron chi connectivity index (χ1n) is 6.43.